The van der Waals surface area contributed by atoms with E-state index in [4.69, 9.17) is 9.47 Å². The number of thiophene rings is 1. The van der Waals surface area contributed by atoms with Crippen molar-refractivity contribution < 1.29 is 9.47 Å². The molecule has 0 saturated heterocycles. The molecule has 20 heavy (non-hydrogen) atoms. The Hall–Kier alpha value is -1.36. The average Bonchev–Trinajstić information content (AvgIpc) is 2.92. The van der Waals surface area contributed by atoms with Crippen LogP contribution >= 0.6 is 11.3 Å². The molecule has 0 spiro atoms. The lowest BCUT2D eigenvalue weighted by molar-refractivity contribution is 0.202. The predicted molar refractivity (Wildman–Crippen MR) is 83.4 cm³/mol. The molecule has 0 fully saturated rings. The summed E-state index contributed by atoms with van der Waals surface area (Å²) in [4.78, 5) is 2.58. The molecule has 0 bridgehead atoms. The molecule has 4 heteroatoms. The van der Waals surface area contributed by atoms with E-state index in [1.807, 2.05) is 19.2 Å². The largest absolute Gasteiger partial charge is 0.488 e. The molecule has 0 aliphatic carbocycles. The standard InChI is InChI=1S/C16H21NO2S/c1-17-11-15-7-8-16(20-15)12-19-14-5-3-13(4-6-14)9-10-18-2/h3-8,17H,9-12H2,1-2H3. The normalized spacial score (nSPS) is 10.7. The summed E-state index contributed by atoms with van der Waals surface area (Å²) in [5.41, 5.74) is 1.27. The summed E-state index contributed by atoms with van der Waals surface area (Å²) in [6.45, 7) is 2.30. The first-order valence-corrected chi connectivity index (χ1v) is 7.56. The lowest BCUT2D eigenvalue weighted by Crippen LogP contribution is -2.02. The Morgan fingerprint density at radius 3 is 2.50 bits per heavy atom. The number of hydrogen-bond acceptors (Lipinski definition) is 4. The van der Waals surface area contributed by atoms with Crippen LogP contribution in [0.5, 0.6) is 5.75 Å². The summed E-state index contributed by atoms with van der Waals surface area (Å²) in [6, 6.07) is 12.5. The van der Waals surface area contributed by atoms with Gasteiger partial charge in [0.2, 0.25) is 0 Å². The maximum absolute atomic E-state index is 5.80. The van der Waals surface area contributed by atoms with Crippen molar-refractivity contribution in [1.29, 1.82) is 0 Å². The highest BCUT2D eigenvalue weighted by Crippen LogP contribution is 2.19. The van der Waals surface area contributed by atoms with Gasteiger partial charge in [0.25, 0.3) is 0 Å². The Kier molecular flexibility index (Phi) is 6.05. The van der Waals surface area contributed by atoms with Crippen LogP contribution in [0.25, 0.3) is 0 Å². The second kappa shape index (κ2) is 8.04. The smallest absolute Gasteiger partial charge is 0.122 e. The van der Waals surface area contributed by atoms with Gasteiger partial charge in [-0.2, -0.15) is 0 Å². The third kappa shape index (κ3) is 4.63. The van der Waals surface area contributed by atoms with Gasteiger partial charge in [0.15, 0.2) is 0 Å². The average molecular weight is 291 g/mol. The minimum atomic E-state index is 0.631. The molecule has 0 atom stereocenters. The fourth-order valence-electron chi connectivity index (χ4n) is 1.90. The second-order valence-corrected chi connectivity index (χ2v) is 5.83. The molecule has 1 aromatic heterocycles. The van der Waals surface area contributed by atoms with Gasteiger partial charge in [0.05, 0.1) is 6.61 Å². The molecular weight excluding hydrogens is 270 g/mol. The van der Waals surface area contributed by atoms with Crippen molar-refractivity contribution >= 4 is 11.3 Å². The van der Waals surface area contributed by atoms with E-state index in [0.29, 0.717) is 6.61 Å². The zero-order valence-corrected chi connectivity index (χ0v) is 12.8. The molecule has 108 valence electrons. The Morgan fingerprint density at radius 2 is 1.80 bits per heavy atom. The van der Waals surface area contributed by atoms with Crippen molar-refractivity contribution in [3.63, 3.8) is 0 Å². The van der Waals surface area contributed by atoms with E-state index >= 15 is 0 Å². The van der Waals surface area contributed by atoms with Gasteiger partial charge in [-0.1, -0.05) is 12.1 Å². The lowest BCUT2D eigenvalue weighted by atomic mass is 10.1. The van der Waals surface area contributed by atoms with Gasteiger partial charge in [0, 0.05) is 23.4 Å². The van der Waals surface area contributed by atoms with E-state index < -0.39 is 0 Å². The lowest BCUT2D eigenvalue weighted by Gasteiger charge is -2.06. The Labute approximate surface area is 124 Å². The molecule has 1 aromatic carbocycles. The van der Waals surface area contributed by atoms with Gasteiger partial charge in [-0.15, -0.1) is 11.3 Å². The van der Waals surface area contributed by atoms with Crippen molar-refractivity contribution in [2.24, 2.45) is 0 Å². The molecule has 0 radical (unpaired) electrons. The molecule has 0 amide bonds. The van der Waals surface area contributed by atoms with Gasteiger partial charge in [-0.3, -0.25) is 0 Å². The van der Waals surface area contributed by atoms with E-state index in [1.165, 1.54) is 15.3 Å². The van der Waals surface area contributed by atoms with Crippen molar-refractivity contribution in [2.45, 2.75) is 19.6 Å². The second-order valence-electron chi connectivity index (χ2n) is 4.57. The van der Waals surface area contributed by atoms with Crippen LogP contribution in [0.3, 0.4) is 0 Å². The number of ether oxygens (including phenoxy) is 2. The molecule has 0 saturated carbocycles. The van der Waals surface area contributed by atoms with Crippen molar-refractivity contribution in [3.05, 3.63) is 51.7 Å². The van der Waals surface area contributed by atoms with Crippen LogP contribution in [-0.4, -0.2) is 20.8 Å². The zero-order chi connectivity index (χ0) is 14.2. The summed E-state index contributed by atoms with van der Waals surface area (Å²) in [7, 11) is 3.68. The third-order valence-electron chi connectivity index (χ3n) is 2.97. The maximum atomic E-state index is 5.80. The van der Waals surface area contributed by atoms with Gasteiger partial charge >= 0.3 is 0 Å². The predicted octanol–water partition coefficient (Wildman–Crippen LogP) is 3.24. The van der Waals surface area contributed by atoms with Crippen molar-refractivity contribution in [2.75, 3.05) is 20.8 Å². The first-order chi connectivity index (χ1) is 9.81. The summed E-state index contributed by atoms with van der Waals surface area (Å²) < 4.78 is 10.9. The topological polar surface area (TPSA) is 30.5 Å². The third-order valence-corrected chi connectivity index (χ3v) is 4.03. The molecule has 3 nitrogen and oxygen atoms in total. The van der Waals surface area contributed by atoms with E-state index in [0.717, 1.165) is 25.3 Å². The minimum Gasteiger partial charge on any atom is -0.488 e. The van der Waals surface area contributed by atoms with Crippen LogP contribution in [0.4, 0.5) is 0 Å². The first kappa shape index (κ1) is 15.0. The van der Waals surface area contributed by atoms with E-state index in [-0.39, 0.29) is 0 Å². The van der Waals surface area contributed by atoms with Crippen molar-refractivity contribution in [3.8, 4) is 5.75 Å². The molecule has 0 aliphatic rings. The van der Waals surface area contributed by atoms with Crippen LogP contribution in [-0.2, 0) is 24.3 Å². The highest BCUT2D eigenvalue weighted by Gasteiger charge is 2.01. The van der Waals surface area contributed by atoms with Crippen LogP contribution < -0.4 is 10.1 Å². The molecule has 0 aliphatic heterocycles. The van der Waals surface area contributed by atoms with Crippen LogP contribution in [0.1, 0.15) is 15.3 Å². The van der Waals surface area contributed by atoms with E-state index in [1.54, 1.807) is 18.4 Å². The number of hydrogen-bond donors (Lipinski definition) is 1. The number of rotatable bonds is 8. The summed E-state index contributed by atoms with van der Waals surface area (Å²) in [5, 5.41) is 3.15. The fraction of sp³-hybridized carbons (Fsp3) is 0.375. The Balaban J connectivity index is 1.83. The number of benzene rings is 1. The quantitative estimate of drug-likeness (QED) is 0.810. The Morgan fingerprint density at radius 1 is 1.05 bits per heavy atom. The van der Waals surface area contributed by atoms with Gasteiger partial charge in [-0.25, -0.2) is 0 Å². The molecule has 2 rings (SSSR count). The summed E-state index contributed by atoms with van der Waals surface area (Å²) in [6.07, 6.45) is 0.940. The molecule has 1 N–H and O–H groups in total. The monoisotopic (exact) mass is 291 g/mol. The highest BCUT2D eigenvalue weighted by molar-refractivity contribution is 7.11. The molecule has 0 unspecified atom stereocenters. The van der Waals surface area contributed by atoms with Gasteiger partial charge in [-0.05, 0) is 43.3 Å². The molecular formula is C16H21NO2S. The van der Waals surface area contributed by atoms with Gasteiger partial charge < -0.3 is 14.8 Å². The summed E-state index contributed by atoms with van der Waals surface area (Å²) in [5.74, 6) is 0.912. The highest BCUT2D eigenvalue weighted by atomic mass is 32.1. The van der Waals surface area contributed by atoms with E-state index in [9.17, 15) is 0 Å². The minimum absolute atomic E-state index is 0.631. The van der Waals surface area contributed by atoms with Crippen LogP contribution in [0.2, 0.25) is 0 Å². The zero-order valence-electron chi connectivity index (χ0n) is 12.0. The number of nitrogens with one attached hydrogen (secondary N) is 1. The SMILES string of the molecule is CNCc1ccc(COc2ccc(CCOC)cc2)s1. The molecule has 2 aromatic rings. The first-order valence-electron chi connectivity index (χ1n) is 6.74. The fourth-order valence-corrected chi connectivity index (χ4v) is 2.84. The molecule has 1 heterocycles. The van der Waals surface area contributed by atoms with Gasteiger partial charge in [0.1, 0.15) is 12.4 Å². The summed E-state index contributed by atoms with van der Waals surface area (Å²) >= 11 is 1.79. The van der Waals surface area contributed by atoms with E-state index in [2.05, 4.69) is 29.6 Å². The Bertz CT molecular complexity index is 507. The van der Waals surface area contributed by atoms with Crippen LogP contribution in [0.15, 0.2) is 36.4 Å². The number of methoxy groups -OCH3 is 1. The van der Waals surface area contributed by atoms with Crippen LogP contribution in [0, 0.1) is 0 Å². The maximum Gasteiger partial charge on any atom is 0.122 e. The van der Waals surface area contributed by atoms with Crippen molar-refractivity contribution in [1.82, 2.24) is 5.32 Å².